The molecule has 1 N–H and O–H groups in total. The summed E-state index contributed by atoms with van der Waals surface area (Å²) in [7, 11) is 2.01. The van der Waals surface area contributed by atoms with Crippen LogP contribution in [0.5, 0.6) is 0 Å². The fourth-order valence-electron chi connectivity index (χ4n) is 2.89. The summed E-state index contributed by atoms with van der Waals surface area (Å²) in [5.41, 5.74) is 1.04. The van der Waals surface area contributed by atoms with E-state index in [1.165, 1.54) is 24.3 Å². The van der Waals surface area contributed by atoms with Crippen LogP contribution >= 0.6 is 0 Å². The van der Waals surface area contributed by atoms with Crippen molar-refractivity contribution in [2.45, 2.75) is 0 Å². The molecule has 2 amide bonds. The average molecular weight is 368 g/mol. The summed E-state index contributed by atoms with van der Waals surface area (Å²) in [5.74, 6) is -0.550. The number of nitro benzene ring substituents is 1. The Morgan fingerprint density at radius 2 is 1.63 bits per heavy atom. The van der Waals surface area contributed by atoms with Crippen LogP contribution in [0, 0.1) is 10.1 Å². The predicted octanol–water partition coefficient (Wildman–Crippen LogP) is 2.23. The van der Waals surface area contributed by atoms with Gasteiger partial charge in [-0.2, -0.15) is 0 Å². The van der Waals surface area contributed by atoms with E-state index in [9.17, 15) is 19.7 Å². The normalized spacial score (nSPS) is 14.6. The second kappa shape index (κ2) is 7.96. The van der Waals surface area contributed by atoms with Crippen LogP contribution in [0.25, 0.3) is 0 Å². The van der Waals surface area contributed by atoms with Crippen molar-refractivity contribution in [1.82, 2.24) is 9.80 Å². The molecule has 8 nitrogen and oxygen atoms in total. The first-order valence-electron chi connectivity index (χ1n) is 8.58. The lowest BCUT2D eigenvalue weighted by Gasteiger charge is -2.32. The summed E-state index contributed by atoms with van der Waals surface area (Å²) in [5, 5.41) is 13.5. The van der Waals surface area contributed by atoms with E-state index in [0.29, 0.717) is 24.3 Å². The molecule has 0 radical (unpaired) electrons. The number of piperazine rings is 1. The van der Waals surface area contributed by atoms with Crippen molar-refractivity contribution in [3.05, 3.63) is 69.8 Å². The number of nitrogens with one attached hydrogen (secondary N) is 1. The molecule has 1 heterocycles. The zero-order chi connectivity index (χ0) is 19.4. The maximum atomic E-state index is 12.8. The molecular formula is C19H20N4O4. The van der Waals surface area contributed by atoms with Crippen LogP contribution in [0.4, 0.5) is 11.4 Å². The van der Waals surface area contributed by atoms with Gasteiger partial charge in [-0.25, -0.2) is 0 Å². The molecule has 0 unspecified atom stereocenters. The molecule has 1 fully saturated rings. The Balaban J connectivity index is 1.76. The smallest absolute Gasteiger partial charge is 0.269 e. The highest BCUT2D eigenvalue weighted by Crippen LogP contribution is 2.20. The molecular weight excluding hydrogens is 348 g/mol. The van der Waals surface area contributed by atoms with Gasteiger partial charge in [0, 0.05) is 43.9 Å². The monoisotopic (exact) mass is 368 g/mol. The third-order valence-electron chi connectivity index (χ3n) is 4.54. The van der Waals surface area contributed by atoms with Crippen molar-refractivity contribution in [3.63, 3.8) is 0 Å². The fraction of sp³-hybridized carbons (Fsp3) is 0.263. The number of rotatable bonds is 4. The minimum absolute atomic E-state index is 0.0859. The van der Waals surface area contributed by atoms with Crippen molar-refractivity contribution in [2.24, 2.45) is 0 Å². The lowest BCUT2D eigenvalue weighted by molar-refractivity contribution is -0.384. The first-order chi connectivity index (χ1) is 13.0. The van der Waals surface area contributed by atoms with Crippen LogP contribution in [-0.4, -0.2) is 59.8 Å². The number of non-ortho nitro benzene ring substituents is 1. The van der Waals surface area contributed by atoms with Crippen molar-refractivity contribution in [3.8, 4) is 0 Å². The van der Waals surface area contributed by atoms with Crippen molar-refractivity contribution >= 4 is 23.2 Å². The molecule has 140 valence electrons. The zero-order valence-corrected chi connectivity index (χ0v) is 14.9. The van der Waals surface area contributed by atoms with E-state index in [0.717, 1.165) is 13.1 Å². The van der Waals surface area contributed by atoms with Gasteiger partial charge in [0.15, 0.2) is 0 Å². The molecule has 0 bridgehead atoms. The number of carbonyl (C=O) groups is 2. The topological polar surface area (TPSA) is 95.8 Å². The second-order valence-electron chi connectivity index (χ2n) is 6.40. The molecule has 2 aromatic carbocycles. The summed E-state index contributed by atoms with van der Waals surface area (Å²) in [6.07, 6.45) is 0. The SMILES string of the molecule is CN1CCN(C(=O)c2ccccc2NC(=O)c2ccc([N+](=O)[O-])cc2)CC1. The minimum atomic E-state index is -0.522. The van der Waals surface area contributed by atoms with E-state index >= 15 is 0 Å². The van der Waals surface area contributed by atoms with Gasteiger partial charge in [0.25, 0.3) is 17.5 Å². The Kier molecular flexibility index (Phi) is 5.46. The minimum Gasteiger partial charge on any atom is -0.336 e. The predicted molar refractivity (Wildman–Crippen MR) is 101 cm³/mol. The van der Waals surface area contributed by atoms with Crippen LogP contribution in [0.1, 0.15) is 20.7 Å². The lowest BCUT2D eigenvalue weighted by atomic mass is 10.1. The average Bonchev–Trinajstić information content (AvgIpc) is 2.68. The number of nitrogens with zero attached hydrogens (tertiary/aromatic N) is 3. The molecule has 2 aromatic rings. The molecule has 0 atom stereocenters. The number of benzene rings is 2. The van der Waals surface area contributed by atoms with E-state index in [1.54, 1.807) is 29.2 Å². The molecule has 0 aromatic heterocycles. The van der Waals surface area contributed by atoms with E-state index in [2.05, 4.69) is 10.2 Å². The van der Waals surface area contributed by atoms with Gasteiger partial charge in [-0.15, -0.1) is 0 Å². The molecule has 1 aliphatic rings. The van der Waals surface area contributed by atoms with E-state index in [1.807, 2.05) is 7.05 Å². The first kappa shape index (κ1) is 18.5. The third-order valence-corrected chi connectivity index (χ3v) is 4.54. The number of hydrogen-bond acceptors (Lipinski definition) is 5. The number of anilines is 1. The van der Waals surface area contributed by atoms with Crippen molar-refractivity contribution < 1.29 is 14.5 Å². The van der Waals surface area contributed by atoms with Gasteiger partial charge in [-0.1, -0.05) is 12.1 Å². The second-order valence-corrected chi connectivity index (χ2v) is 6.40. The van der Waals surface area contributed by atoms with Crippen LogP contribution in [-0.2, 0) is 0 Å². The molecule has 8 heteroatoms. The van der Waals surface area contributed by atoms with E-state index in [-0.39, 0.29) is 17.2 Å². The zero-order valence-electron chi connectivity index (χ0n) is 14.9. The van der Waals surface area contributed by atoms with Crippen molar-refractivity contribution in [2.75, 3.05) is 38.5 Å². The van der Waals surface area contributed by atoms with Crippen LogP contribution in [0.15, 0.2) is 48.5 Å². The number of nitro groups is 1. The van der Waals surface area contributed by atoms with Gasteiger partial charge in [-0.05, 0) is 31.3 Å². The number of amides is 2. The Labute approximate surface area is 156 Å². The van der Waals surface area contributed by atoms with Gasteiger partial charge in [0.2, 0.25) is 0 Å². The number of carbonyl (C=O) groups excluding carboxylic acids is 2. The Morgan fingerprint density at radius 3 is 2.26 bits per heavy atom. The van der Waals surface area contributed by atoms with Crippen LogP contribution < -0.4 is 5.32 Å². The summed E-state index contributed by atoms with van der Waals surface area (Å²) in [4.78, 5) is 39.5. The Hall–Kier alpha value is -3.26. The fourth-order valence-corrected chi connectivity index (χ4v) is 2.89. The molecule has 0 spiro atoms. The van der Waals surface area contributed by atoms with Crippen LogP contribution in [0.2, 0.25) is 0 Å². The summed E-state index contributed by atoms with van der Waals surface area (Å²) in [6.45, 7) is 2.89. The Bertz CT molecular complexity index is 858. The highest BCUT2D eigenvalue weighted by molar-refractivity contribution is 6.09. The standard InChI is InChI=1S/C19H20N4O4/c1-21-10-12-22(13-11-21)19(25)16-4-2-3-5-17(16)20-18(24)14-6-8-15(9-7-14)23(26)27/h2-9H,10-13H2,1H3,(H,20,24). The Morgan fingerprint density at radius 1 is 1.00 bits per heavy atom. The molecule has 27 heavy (non-hydrogen) atoms. The van der Waals surface area contributed by atoms with Gasteiger partial charge >= 0.3 is 0 Å². The molecule has 1 aliphatic heterocycles. The highest BCUT2D eigenvalue weighted by Gasteiger charge is 2.23. The quantitative estimate of drug-likeness (QED) is 0.659. The number of likely N-dealkylation sites (N-methyl/N-ethyl adjacent to an activating group) is 1. The largest absolute Gasteiger partial charge is 0.336 e. The van der Waals surface area contributed by atoms with Gasteiger partial charge in [0.1, 0.15) is 0 Å². The van der Waals surface area contributed by atoms with Gasteiger partial charge < -0.3 is 15.1 Å². The van der Waals surface area contributed by atoms with Crippen molar-refractivity contribution in [1.29, 1.82) is 0 Å². The summed E-state index contributed by atoms with van der Waals surface area (Å²) >= 11 is 0. The summed E-state index contributed by atoms with van der Waals surface area (Å²) in [6, 6.07) is 12.2. The number of para-hydroxylation sites is 1. The maximum Gasteiger partial charge on any atom is 0.269 e. The van der Waals surface area contributed by atoms with E-state index in [4.69, 9.17) is 0 Å². The highest BCUT2D eigenvalue weighted by atomic mass is 16.6. The summed E-state index contributed by atoms with van der Waals surface area (Å²) < 4.78 is 0. The molecule has 1 saturated heterocycles. The number of hydrogen-bond donors (Lipinski definition) is 1. The first-order valence-corrected chi connectivity index (χ1v) is 8.58. The van der Waals surface area contributed by atoms with E-state index < -0.39 is 10.8 Å². The molecule has 3 rings (SSSR count). The molecule has 0 saturated carbocycles. The van der Waals surface area contributed by atoms with Gasteiger partial charge in [0.05, 0.1) is 16.2 Å². The maximum absolute atomic E-state index is 12.8. The third kappa shape index (κ3) is 4.29. The molecule has 0 aliphatic carbocycles. The lowest BCUT2D eigenvalue weighted by Crippen LogP contribution is -2.47. The van der Waals surface area contributed by atoms with Crippen LogP contribution in [0.3, 0.4) is 0 Å². The van der Waals surface area contributed by atoms with Gasteiger partial charge in [-0.3, -0.25) is 19.7 Å².